The Bertz CT molecular complexity index is 517. The lowest BCUT2D eigenvalue weighted by Gasteiger charge is -2.17. The summed E-state index contributed by atoms with van der Waals surface area (Å²) in [6, 6.07) is 3.27. The number of nitrogens with two attached hydrogens (primary N) is 1. The monoisotopic (exact) mass is 276 g/mol. The highest BCUT2D eigenvalue weighted by Crippen LogP contribution is 2.19. The van der Waals surface area contributed by atoms with Gasteiger partial charge < -0.3 is 10.4 Å². The van der Waals surface area contributed by atoms with Crippen molar-refractivity contribution in [2.24, 2.45) is 5.14 Å². The van der Waals surface area contributed by atoms with Crippen molar-refractivity contribution in [3.05, 3.63) is 24.0 Å². The summed E-state index contributed by atoms with van der Waals surface area (Å²) in [7, 11) is -3.90. The molecule has 0 radical (unpaired) electrons. The van der Waals surface area contributed by atoms with Gasteiger partial charge in [-0.05, 0) is 38.5 Å². The average Bonchev–Trinajstić information content (AvgIpc) is 2.18. The Morgan fingerprint density at radius 2 is 2.06 bits per heavy atom. The first kappa shape index (κ1) is 14.9. The Morgan fingerprint density at radius 3 is 2.50 bits per heavy atom. The SMILES string of the molecule is CC(O)CC(C)Nc1ccc(S(N)(=O)=O)cc1F. The van der Waals surface area contributed by atoms with E-state index in [2.05, 4.69) is 5.32 Å². The highest BCUT2D eigenvalue weighted by molar-refractivity contribution is 7.89. The van der Waals surface area contributed by atoms with Crippen LogP contribution in [0.4, 0.5) is 10.1 Å². The number of hydrogen-bond acceptors (Lipinski definition) is 4. The molecule has 2 atom stereocenters. The normalized spacial score (nSPS) is 15.2. The van der Waals surface area contributed by atoms with Gasteiger partial charge in [0.15, 0.2) is 0 Å². The summed E-state index contributed by atoms with van der Waals surface area (Å²) >= 11 is 0. The van der Waals surface area contributed by atoms with Crippen LogP contribution in [-0.2, 0) is 10.0 Å². The molecule has 0 aliphatic carbocycles. The number of aliphatic hydroxyl groups excluding tert-OH is 1. The lowest BCUT2D eigenvalue weighted by atomic mass is 10.1. The Labute approximate surface area is 106 Å². The van der Waals surface area contributed by atoms with E-state index in [0.29, 0.717) is 6.42 Å². The van der Waals surface area contributed by atoms with Gasteiger partial charge in [0.05, 0.1) is 16.7 Å². The number of benzene rings is 1. The number of rotatable bonds is 5. The summed E-state index contributed by atoms with van der Waals surface area (Å²) < 4.78 is 35.7. The molecule has 0 spiro atoms. The number of aliphatic hydroxyl groups is 1. The van der Waals surface area contributed by atoms with Crippen LogP contribution in [-0.4, -0.2) is 25.7 Å². The van der Waals surface area contributed by atoms with Gasteiger partial charge in [0.2, 0.25) is 10.0 Å². The summed E-state index contributed by atoms with van der Waals surface area (Å²) in [5.41, 5.74) is 0.176. The van der Waals surface area contributed by atoms with Crippen LogP contribution in [0.2, 0.25) is 0 Å². The lowest BCUT2D eigenvalue weighted by Crippen LogP contribution is -2.21. The van der Waals surface area contributed by atoms with E-state index in [1.165, 1.54) is 12.1 Å². The molecule has 2 unspecified atom stereocenters. The fourth-order valence-electron chi connectivity index (χ4n) is 1.63. The lowest BCUT2D eigenvalue weighted by molar-refractivity contribution is 0.179. The molecule has 5 nitrogen and oxygen atoms in total. The van der Waals surface area contributed by atoms with Crippen LogP contribution in [0.15, 0.2) is 23.1 Å². The van der Waals surface area contributed by atoms with Gasteiger partial charge in [0.1, 0.15) is 5.82 Å². The number of anilines is 1. The molecule has 0 aliphatic heterocycles. The Morgan fingerprint density at radius 1 is 1.44 bits per heavy atom. The quantitative estimate of drug-likeness (QED) is 0.749. The molecule has 0 aliphatic rings. The topological polar surface area (TPSA) is 92.4 Å². The average molecular weight is 276 g/mol. The minimum atomic E-state index is -3.90. The molecule has 102 valence electrons. The molecule has 0 fully saturated rings. The molecular weight excluding hydrogens is 259 g/mol. The van der Waals surface area contributed by atoms with Gasteiger partial charge in [-0.2, -0.15) is 0 Å². The second kappa shape index (κ2) is 5.64. The maximum atomic E-state index is 13.6. The van der Waals surface area contributed by atoms with Crippen molar-refractivity contribution in [3.8, 4) is 0 Å². The zero-order valence-corrected chi connectivity index (χ0v) is 11.0. The van der Waals surface area contributed by atoms with Crippen LogP contribution in [0, 0.1) is 5.82 Å². The summed E-state index contributed by atoms with van der Waals surface area (Å²) in [6.45, 7) is 3.43. The summed E-state index contributed by atoms with van der Waals surface area (Å²) in [6.07, 6.45) is -0.0459. The number of hydrogen-bond donors (Lipinski definition) is 3. The molecule has 1 aromatic rings. The van der Waals surface area contributed by atoms with Crippen molar-refractivity contribution < 1.29 is 17.9 Å². The fraction of sp³-hybridized carbons (Fsp3) is 0.455. The van der Waals surface area contributed by atoms with Gasteiger partial charge in [-0.1, -0.05) is 0 Å². The predicted octanol–water partition coefficient (Wildman–Crippen LogP) is 1.04. The molecule has 0 bridgehead atoms. The van der Waals surface area contributed by atoms with E-state index in [1.807, 2.05) is 0 Å². The van der Waals surface area contributed by atoms with Gasteiger partial charge >= 0.3 is 0 Å². The zero-order chi connectivity index (χ0) is 13.9. The maximum absolute atomic E-state index is 13.6. The van der Waals surface area contributed by atoms with E-state index < -0.39 is 21.9 Å². The minimum absolute atomic E-state index is 0.139. The highest BCUT2D eigenvalue weighted by atomic mass is 32.2. The first-order valence-electron chi connectivity index (χ1n) is 5.47. The first-order valence-corrected chi connectivity index (χ1v) is 7.01. The molecule has 0 saturated carbocycles. The third-order valence-corrected chi connectivity index (χ3v) is 3.28. The Kier molecular flexibility index (Phi) is 4.66. The van der Waals surface area contributed by atoms with E-state index >= 15 is 0 Å². The second-order valence-electron chi connectivity index (χ2n) is 4.32. The van der Waals surface area contributed by atoms with E-state index in [4.69, 9.17) is 5.14 Å². The van der Waals surface area contributed by atoms with E-state index in [9.17, 15) is 17.9 Å². The number of nitrogens with one attached hydrogen (secondary N) is 1. The Balaban J connectivity index is 2.87. The fourth-order valence-corrected chi connectivity index (χ4v) is 2.15. The molecule has 0 amide bonds. The molecule has 18 heavy (non-hydrogen) atoms. The van der Waals surface area contributed by atoms with Crippen LogP contribution in [0.1, 0.15) is 20.3 Å². The van der Waals surface area contributed by atoms with Gasteiger partial charge in [-0.25, -0.2) is 17.9 Å². The van der Waals surface area contributed by atoms with Crippen LogP contribution < -0.4 is 10.5 Å². The van der Waals surface area contributed by atoms with Gasteiger partial charge in [-0.3, -0.25) is 0 Å². The van der Waals surface area contributed by atoms with Gasteiger partial charge in [-0.15, -0.1) is 0 Å². The molecule has 0 aromatic heterocycles. The Hall–Kier alpha value is -1.18. The van der Waals surface area contributed by atoms with Crippen molar-refractivity contribution in [1.82, 2.24) is 0 Å². The van der Waals surface area contributed by atoms with E-state index in [0.717, 1.165) is 6.07 Å². The molecule has 0 saturated heterocycles. The standard InChI is InChI=1S/C11H17FN2O3S/c1-7(5-8(2)15)14-11-4-3-9(6-10(11)12)18(13,16)17/h3-4,6-8,14-15H,5H2,1-2H3,(H2,13,16,17). The van der Waals surface area contributed by atoms with Crippen molar-refractivity contribution in [1.29, 1.82) is 0 Å². The largest absolute Gasteiger partial charge is 0.393 e. The third-order valence-electron chi connectivity index (χ3n) is 2.37. The predicted molar refractivity (Wildman–Crippen MR) is 67.2 cm³/mol. The van der Waals surface area contributed by atoms with Crippen molar-refractivity contribution in [3.63, 3.8) is 0 Å². The van der Waals surface area contributed by atoms with Gasteiger partial charge in [0.25, 0.3) is 0 Å². The van der Waals surface area contributed by atoms with Crippen molar-refractivity contribution >= 4 is 15.7 Å². The van der Waals surface area contributed by atoms with E-state index in [1.54, 1.807) is 13.8 Å². The molecular formula is C11H17FN2O3S. The maximum Gasteiger partial charge on any atom is 0.238 e. The number of primary sulfonamides is 1. The zero-order valence-electron chi connectivity index (χ0n) is 10.2. The minimum Gasteiger partial charge on any atom is -0.393 e. The van der Waals surface area contributed by atoms with E-state index in [-0.39, 0.29) is 16.6 Å². The van der Waals surface area contributed by atoms with Gasteiger partial charge in [0, 0.05) is 6.04 Å². The third kappa shape index (κ3) is 4.25. The summed E-state index contributed by atoms with van der Waals surface area (Å²) in [4.78, 5) is -0.270. The number of halogens is 1. The molecule has 0 heterocycles. The molecule has 4 N–H and O–H groups in total. The van der Waals surface area contributed by atoms with Crippen LogP contribution in [0.3, 0.4) is 0 Å². The van der Waals surface area contributed by atoms with Crippen LogP contribution in [0.25, 0.3) is 0 Å². The highest BCUT2D eigenvalue weighted by Gasteiger charge is 2.13. The first-order chi connectivity index (χ1) is 8.20. The number of sulfonamides is 1. The second-order valence-corrected chi connectivity index (χ2v) is 5.88. The molecule has 1 rings (SSSR count). The molecule has 7 heteroatoms. The molecule has 1 aromatic carbocycles. The van der Waals surface area contributed by atoms with Crippen LogP contribution >= 0.6 is 0 Å². The smallest absolute Gasteiger partial charge is 0.238 e. The summed E-state index contributed by atoms with van der Waals surface area (Å²) in [5.74, 6) is -0.695. The van der Waals surface area contributed by atoms with Crippen molar-refractivity contribution in [2.75, 3.05) is 5.32 Å². The summed E-state index contributed by atoms with van der Waals surface area (Å²) in [5, 5.41) is 16.9. The van der Waals surface area contributed by atoms with Crippen LogP contribution in [0.5, 0.6) is 0 Å². The van der Waals surface area contributed by atoms with Crippen molar-refractivity contribution in [2.45, 2.75) is 37.3 Å².